The summed E-state index contributed by atoms with van der Waals surface area (Å²) in [4.78, 5) is 15.4. The number of fused-ring (bicyclic) bond motifs is 1. The molecule has 1 unspecified atom stereocenters. The normalized spacial score (nSPS) is 19.5. The Morgan fingerprint density at radius 3 is 2.58 bits per heavy atom. The lowest BCUT2D eigenvalue weighted by Crippen LogP contribution is -2.41. The molecule has 0 spiro atoms. The van der Waals surface area contributed by atoms with Gasteiger partial charge in [-0.1, -0.05) is 36.4 Å². The predicted molar refractivity (Wildman–Crippen MR) is 130 cm³/mol. The third kappa shape index (κ3) is 4.48. The van der Waals surface area contributed by atoms with Gasteiger partial charge in [0.15, 0.2) is 0 Å². The number of morpholine rings is 1. The van der Waals surface area contributed by atoms with Crippen molar-refractivity contribution >= 4 is 34.3 Å². The average molecular weight is 445 g/mol. The summed E-state index contributed by atoms with van der Waals surface area (Å²) in [6.45, 7) is 6.08. The van der Waals surface area contributed by atoms with Gasteiger partial charge in [-0.2, -0.15) is 10.1 Å². The van der Waals surface area contributed by atoms with Crippen LogP contribution in [0.4, 0.5) is 5.69 Å². The second-order valence-electron chi connectivity index (χ2n) is 8.52. The van der Waals surface area contributed by atoms with E-state index in [1.54, 1.807) is 0 Å². The second kappa shape index (κ2) is 9.31. The summed E-state index contributed by atoms with van der Waals surface area (Å²) in [5.74, 6) is -0.136. The number of anilines is 1. The van der Waals surface area contributed by atoms with Crippen molar-refractivity contribution in [1.82, 2.24) is 9.47 Å². The highest BCUT2D eigenvalue weighted by molar-refractivity contribution is 6.32. The number of para-hydroxylation sites is 2. The fourth-order valence-electron chi connectivity index (χ4n) is 4.49. The molecule has 33 heavy (non-hydrogen) atoms. The Balaban J connectivity index is 1.41. The maximum atomic E-state index is 13.1. The monoisotopic (exact) mass is 444 g/mol. The molecule has 5 rings (SSSR count). The van der Waals surface area contributed by atoms with Gasteiger partial charge < -0.3 is 14.4 Å². The molecule has 170 valence electrons. The van der Waals surface area contributed by atoms with Gasteiger partial charge in [-0.05, 0) is 31.2 Å². The van der Waals surface area contributed by atoms with Crippen molar-refractivity contribution in [2.75, 3.05) is 37.9 Å². The molecule has 0 bridgehead atoms. The van der Waals surface area contributed by atoms with E-state index in [1.165, 1.54) is 5.01 Å². The zero-order valence-electron chi connectivity index (χ0n) is 18.7. The van der Waals surface area contributed by atoms with Crippen LogP contribution >= 0.6 is 0 Å². The van der Waals surface area contributed by atoms with Crippen LogP contribution in [0.15, 0.2) is 71.5 Å². The van der Waals surface area contributed by atoms with E-state index in [2.05, 4.69) is 14.6 Å². The summed E-state index contributed by atoms with van der Waals surface area (Å²) in [6, 6.07) is 17.5. The highest BCUT2D eigenvalue weighted by atomic mass is 16.5. The number of aromatic nitrogens is 1. The third-order valence-electron chi connectivity index (χ3n) is 6.16. The van der Waals surface area contributed by atoms with Crippen LogP contribution in [0.2, 0.25) is 0 Å². The summed E-state index contributed by atoms with van der Waals surface area (Å²) in [6.07, 6.45) is 3.44. The maximum Gasteiger partial charge on any atom is 0.280 e. The van der Waals surface area contributed by atoms with Gasteiger partial charge in [0.2, 0.25) is 0 Å². The van der Waals surface area contributed by atoms with Crippen LogP contribution < -0.4 is 5.01 Å². The lowest BCUT2D eigenvalue weighted by molar-refractivity contribution is -0.114. The number of carbonyl (C=O) groups is 1. The van der Waals surface area contributed by atoms with E-state index in [0.717, 1.165) is 35.2 Å². The van der Waals surface area contributed by atoms with Crippen molar-refractivity contribution < 1.29 is 14.6 Å². The number of carbonyl (C=O) groups excluding carboxylic acids is 1. The molecule has 0 saturated carbocycles. The molecule has 1 saturated heterocycles. The van der Waals surface area contributed by atoms with E-state index in [4.69, 9.17) is 4.74 Å². The number of hydrogen-bond donors (Lipinski definition) is 1. The molecule has 0 aliphatic carbocycles. The summed E-state index contributed by atoms with van der Waals surface area (Å²) >= 11 is 0. The van der Waals surface area contributed by atoms with Gasteiger partial charge in [0.1, 0.15) is 0 Å². The van der Waals surface area contributed by atoms with Gasteiger partial charge in [0, 0.05) is 48.8 Å². The van der Waals surface area contributed by atoms with Crippen LogP contribution in [-0.2, 0) is 16.1 Å². The van der Waals surface area contributed by atoms with Crippen molar-refractivity contribution in [1.29, 1.82) is 0 Å². The molecule has 1 amide bonds. The molecule has 7 heteroatoms. The fraction of sp³-hybridized carbons (Fsp3) is 0.308. The lowest BCUT2D eigenvalue weighted by Gasteiger charge is -2.28. The quantitative estimate of drug-likeness (QED) is 0.593. The second-order valence-corrected chi connectivity index (χ2v) is 8.52. The summed E-state index contributed by atoms with van der Waals surface area (Å²) in [7, 11) is 0. The van der Waals surface area contributed by atoms with Crippen molar-refractivity contribution in [3.8, 4) is 0 Å². The Morgan fingerprint density at radius 2 is 1.79 bits per heavy atom. The number of benzene rings is 2. The first-order valence-corrected chi connectivity index (χ1v) is 11.3. The van der Waals surface area contributed by atoms with Crippen LogP contribution in [0, 0.1) is 0 Å². The number of hydrogen-bond acceptors (Lipinski definition) is 5. The number of aliphatic hydroxyl groups excluding tert-OH is 1. The van der Waals surface area contributed by atoms with E-state index in [1.807, 2.05) is 73.8 Å². The Bertz CT molecular complexity index is 1210. The highest BCUT2D eigenvalue weighted by Gasteiger charge is 2.29. The van der Waals surface area contributed by atoms with E-state index >= 15 is 0 Å². The first kappa shape index (κ1) is 21.6. The lowest BCUT2D eigenvalue weighted by atomic mass is 10.1. The minimum atomic E-state index is -0.496. The van der Waals surface area contributed by atoms with Crippen molar-refractivity contribution in [2.24, 2.45) is 5.10 Å². The molecule has 3 heterocycles. The number of hydrazone groups is 1. The van der Waals surface area contributed by atoms with Gasteiger partial charge >= 0.3 is 0 Å². The molecule has 2 aliphatic heterocycles. The topological polar surface area (TPSA) is 70.3 Å². The number of nitrogens with zero attached hydrogens (tertiary/aromatic N) is 4. The molecule has 1 N–H and O–H groups in total. The Kier molecular flexibility index (Phi) is 6.09. The molecule has 1 aromatic heterocycles. The standard InChI is InChI=1S/C26H28N4O3/c1-19-24(26(32)30(27-19)21-7-3-2-4-8-21)15-20-16-29(25-10-6-5-9-23(20)25)18-22(31)17-28-11-13-33-14-12-28/h2-10,15-16,22,31H,11-14,17-18H2,1H3. The zero-order chi connectivity index (χ0) is 22.8. The van der Waals surface area contributed by atoms with Crippen molar-refractivity contribution in [2.45, 2.75) is 19.6 Å². The minimum Gasteiger partial charge on any atom is -0.390 e. The fourth-order valence-corrected chi connectivity index (χ4v) is 4.49. The number of aliphatic hydroxyl groups is 1. The molecule has 7 nitrogen and oxygen atoms in total. The molecular formula is C26H28N4O3. The number of amides is 1. The first-order valence-electron chi connectivity index (χ1n) is 11.3. The van der Waals surface area contributed by atoms with Crippen LogP contribution in [0.1, 0.15) is 12.5 Å². The van der Waals surface area contributed by atoms with Crippen molar-refractivity contribution in [3.63, 3.8) is 0 Å². The van der Waals surface area contributed by atoms with E-state index in [-0.39, 0.29) is 5.91 Å². The summed E-state index contributed by atoms with van der Waals surface area (Å²) in [5.41, 5.74) is 3.99. The average Bonchev–Trinajstić information content (AvgIpc) is 3.32. The van der Waals surface area contributed by atoms with Crippen LogP contribution in [-0.4, -0.2) is 65.1 Å². The molecule has 2 aliphatic rings. The number of rotatable bonds is 6. The largest absolute Gasteiger partial charge is 0.390 e. The zero-order valence-corrected chi connectivity index (χ0v) is 18.7. The third-order valence-corrected chi connectivity index (χ3v) is 6.16. The molecule has 0 radical (unpaired) electrons. The minimum absolute atomic E-state index is 0.136. The van der Waals surface area contributed by atoms with Gasteiger partial charge in [0.05, 0.1) is 36.3 Å². The van der Waals surface area contributed by atoms with E-state index in [0.29, 0.717) is 37.6 Å². The Hall–Kier alpha value is -3.26. The molecular weight excluding hydrogens is 416 g/mol. The molecule has 2 aromatic carbocycles. The van der Waals surface area contributed by atoms with Crippen LogP contribution in [0.3, 0.4) is 0 Å². The first-order chi connectivity index (χ1) is 16.1. The van der Waals surface area contributed by atoms with Crippen LogP contribution in [0.25, 0.3) is 17.0 Å². The number of β-amino-alcohol motifs (C(OH)–C–C–N with tert-alkyl or cyclic N) is 1. The van der Waals surface area contributed by atoms with Gasteiger partial charge in [0.25, 0.3) is 5.91 Å². The number of ether oxygens (including phenoxy) is 1. The van der Waals surface area contributed by atoms with Gasteiger partial charge in [-0.25, -0.2) is 0 Å². The molecule has 1 fully saturated rings. The summed E-state index contributed by atoms with van der Waals surface area (Å²) < 4.78 is 7.48. The van der Waals surface area contributed by atoms with Gasteiger partial charge in [-0.15, -0.1) is 0 Å². The SMILES string of the molecule is CC1=NN(c2ccccc2)C(=O)C1=Cc1cn(CC(O)CN2CCOCC2)c2ccccc12. The summed E-state index contributed by atoms with van der Waals surface area (Å²) in [5, 5.41) is 17.7. The Morgan fingerprint density at radius 1 is 1.06 bits per heavy atom. The van der Waals surface area contributed by atoms with E-state index < -0.39 is 6.10 Å². The smallest absolute Gasteiger partial charge is 0.280 e. The van der Waals surface area contributed by atoms with Crippen molar-refractivity contribution in [3.05, 3.63) is 71.9 Å². The van der Waals surface area contributed by atoms with Gasteiger partial charge in [-0.3, -0.25) is 9.69 Å². The highest BCUT2D eigenvalue weighted by Crippen LogP contribution is 2.28. The maximum absolute atomic E-state index is 13.1. The predicted octanol–water partition coefficient (Wildman–Crippen LogP) is 3.14. The van der Waals surface area contributed by atoms with E-state index in [9.17, 15) is 9.90 Å². The van der Waals surface area contributed by atoms with Crippen LogP contribution in [0.5, 0.6) is 0 Å². The molecule has 3 aromatic rings. The Labute approximate surface area is 193 Å². The molecule has 1 atom stereocenters.